The molecule has 0 saturated heterocycles. The Morgan fingerprint density at radius 1 is 1.00 bits per heavy atom. The van der Waals surface area contributed by atoms with Crippen LogP contribution in [-0.4, -0.2) is 6.61 Å². The Morgan fingerprint density at radius 2 is 1.77 bits per heavy atom. The van der Waals surface area contributed by atoms with Gasteiger partial charge in [0.05, 0.1) is 6.61 Å². The monoisotopic (exact) mass is 370 g/mol. The Morgan fingerprint density at radius 3 is 2.46 bits per heavy atom. The van der Waals surface area contributed by atoms with Gasteiger partial charge in [-0.05, 0) is 71.1 Å². The van der Waals surface area contributed by atoms with Gasteiger partial charge in [-0.2, -0.15) is 0 Å². The number of hydrogen-bond donors (Lipinski definition) is 0. The number of thiophene rings is 1. The summed E-state index contributed by atoms with van der Waals surface area (Å²) in [6.45, 7) is 12.4. The molecule has 0 radical (unpaired) electrons. The van der Waals surface area contributed by atoms with E-state index in [1.807, 2.05) is 11.3 Å². The molecule has 1 saturated carbocycles. The van der Waals surface area contributed by atoms with E-state index >= 15 is 0 Å². The third-order valence-corrected chi connectivity index (χ3v) is 7.06. The maximum absolute atomic E-state index is 6.18. The van der Waals surface area contributed by atoms with Gasteiger partial charge in [-0.1, -0.05) is 59.2 Å². The van der Waals surface area contributed by atoms with Gasteiger partial charge in [-0.25, -0.2) is 0 Å². The van der Waals surface area contributed by atoms with Crippen molar-refractivity contribution in [2.45, 2.75) is 71.1 Å². The smallest absolute Gasteiger partial charge is 0.119 e. The van der Waals surface area contributed by atoms with Crippen molar-refractivity contribution in [2.75, 3.05) is 6.61 Å². The van der Waals surface area contributed by atoms with E-state index in [9.17, 15) is 0 Å². The van der Waals surface area contributed by atoms with Crippen molar-refractivity contribution in [3.8, 4) is 5.75 Å². The maximum Gasteiger partial charge on any atom is 0.119 e. The van der Waals surface area contributed by atoms with E-state index < -0.39 is 0 Å². The Labute approximate surface area is 163 Å². The highest BCUT2D eigenvalue weighted by Crippen LogP contribution is 2.41. The minimum absolute atomic E-state index is 0.172. The van der Waals surface area contributed by atoms with Crippen molar-refractivity contribution in [1.82, 2.24) is 0 Å². The van der Waals surface area contributed by atoms with Gasteiger partial charge >= 0.3 is 0 Å². The third-order valence-electron chi connectivity index (χ3n) is 5.82. The van der Waals surface area contributed by atoms with Crippen LogP contribution in [0, 0.1) is 11.8 Å². The van der Waals surface area contributed by atoms with E-state index in [0.29, 0.717) is 11.3 Å². The molecule has 1 aliphatic carbocycles. The second kappa shape index (κ2) is 7.76. The Kier molecular flexibility index (Phi) is 5.81. The normalized spacial score (nSPS) is 21.1. The second-order valence-electron chi connectivity index (χ2n) is 9.70. The molecule has 0 spiro atoms. The number of rotatable bonds is 6. The van der Waals surface area contributed by atoms with E-state index in [4.69, 9.17) is 4.74 Å². The average molecular weight is 371 g/mol. The van der Waals surface area contributed by atoms with E-state index in [0.717, 1.165) is 18.3 Å². The predicted molar refractivity (Wildman–Crippen MR) is 113 cm³/mol. The molecule has 1 nitrogen and oxygen atoms in total. The lowest BCUT2D eigenvalue weighted by atomic mass is 9.80. The summed E-state index contributed by atoms with van der Waals surface area (Å²) in [5.74, 6) is 2.57. The van der Waals surface area contributed by atoms with E-state index in [1.54, 1.807) is 0 Å². The molecule has 1 aromatic carbocycles. The Balaban J connectivity index is 1.51. The maximum atomic E-state index is 6.18. The average Bonchev–Trinajstić information content (AvgIpc) is 3.24. The SMILES string of the molecule is CC(C)(C)c1cccc(OCC2CCC(CC(C)(C)c3cccs3)C2)c1. The predicted octanol–water partition coefficient (Wildman–Crippen LogP) is 7.21. The van der Waals surface area contributed by atoms with E-state index in [2.05, 4.69) is 76.4 Å². The van der Waals surface area contributed by atoms with Crippen LogP contribution >= 0.6 is 11.3 Å². The number of hydrogen-bond acceptors (Lipinski definition) is 2. The molecule has 1 fully saturated rings. The molecule has 142 valence electrons. The van der Waals surface area contributed by atoms with Crippen molar-refractivity contribution in [3.63, 3.8) is 0 Å². The lowest BCUT2D eigenvalue weighted by Gasteiger charge is -2.27. The molecule has 2 unspecified atom stereocenters. The molecule has 0 bridgehead atoms. The molecular weight excluding hydrogens is 336 g/mol. The molecule has 1 aliphatic rings. The number of benzene rings is 1. The van der Waals surface area contributed by atoms with Gasteiger partial charge in [-0.3, -0.25) is 0 Å². The van der Waals surface area contributed by atoms with Crippen LogP contribution in [0.2, 0.25) is 0 Å². The van der Waals surface area contributed by atoms with Crippen LogP contribution in [-0.2, 0) is 10.8 Å². The Bertz CT molecular complexity index is 693. The fourth-order valence-corrected chi connectivity index (χ4v) is 5.13. The second-order valence-corrected chi connectivity index (χ2v) is 10.6. The molecule has 0 amide bonds. The summed E-state index contributed by atoms with van der Waals surface area (Å²) in [5.41, 5.74) is 1.82. The third kappa shape index (κ3) is 4.91. The number of ether oxygens (including phenoxy) is 1. The summed E-state index contributed by atoms with van der Waals surface area (Å²) in [4.78, 5) is 1.52. The summed E-state index contributed by atoms with van der Waals surface area (Å²) >= 11 is 1.90. The lowest BCUT2D eigenvalue weighted by molar-refractivity contribution is 0.243. The molecule has 2 aromatic rings. The fraction of sp³-hybridized carbons (Fsp3) is 0.583. The topological polar surface area (TPSA) is 9.23 Å². The summed E-state index contributed by atoms with van der Waals surface area (Å²) in [6.07, 6.45) is 5.27. The molecule has 1 aromatic heterocycles. The van der Waals surface area contributed by atoms with Gasteiger partial charge in [-0.15, -0.1) is 11.3 Å². The van der Waals surface area contributed by atoms with Crippen molar-refractivity contribution >= 4 is 11.3 Å². The first kappa shape index (κ1) is 19.5. The van der Waals surface area contributed by atoms with Gasteiger partial charge in [0.15, 0.2) is 0 Å². The van der Waals surface area contributed by atoms with Crippen molar-refractivity contribution in [2.24, 2.45) is 11.8 Å². The first-order valence-corrected chi connectivity index (χ1v) is 10.9. The first-order valence-electron chi connectivity index (χ1n) is 10.0. The molecule has 2 atom stereocenters. The molecule has 1 heterocycles. The van der Waals surface area contributed by atoms with Gasteiger partial charge in [0.2, 0.25) is 0 Å². The van der Waals surface area contributed by atoms with Crippen molar-refractivity contribution < 1.29 is 4.74 Å². The van der Waals surface area contributed by atoms with Crippen LogP contribution in [0.5, 0.6) is 5.75 Å². The summed E-state index contributed by atoms with van der Waals surface area (Å²) < 4.78 is 6.18. The minimum atomic E-state index is 0.172. The summed E-state index contributed by atoms with van der Waals surface area (Å²) in [6, 6.07) is 13.1. The molecule has 26 heavy (non-hydrogen) atoms. The molecule has 0 aliphatic heterocycles. The van der Waals surface area contributed by atoms with E-state index in [-0.39, 0.29) is 5.41 Å². The lowest BCUT2D eigenvalue weighted by Crippen LogP contribution is -2.20. The van der Waals surface area contributed by atoms with Crippen molar-refractivity contribution in [1.29, 1.82) is 0 Å². The standard InChI is InChI=1S/C24H34OS/c1-23(2,3)20-8-6-9-21(15-20)25-17-19-12-11-18(14-19)16-24(4,5)22-10-7-13-26-22/h6-10,13,15,18-19H,11-12,14,16-17H2,1-5H3. The van der Waals surface area contributed by atoms with Crippen LogP contribution in [0.3, 0.4) is 0 Å². The molecule has 0 N–H and O–H groups in total. The molecular formula is C24H34OS. The first-order chi connectivity index (χ1) is 12.2. The highest BCUT2D eigenvalue weighted by Gasteiger charge is 2.32. The fourth-order valence-electron chi connectivity index (χ4n) is 4.27. The summed E-state index contributed by atoms with van der Waals surface area (Å²) in [7, 11) is 0. The van der Waals surface area contributed by atoms with Crippen LogP contribution < -0.4 is 4.74 Å². The largest absolute Gasteiger partial charge is 0.493 e. The molecule has 3 rings (SSSR count). The van der Waals surface area contributed by atoms with Gasteiger partial charge in [0.1, 0.15) is 5.75 Å². The zero-order valence-corrected chi connectivity index (χ0v) is 17.9. The highest BCUT2D eigenvalue weighted by molar-refractivity contribution is 7.10. The van der Waals surface area contributed by atoms with Gasteiger partial charge < -0.3 is 4.74 Å². The highest BCUT2D eigenvalue weighted by atomic mass is 32.1. The van der Waals surface area contributed by atoms with Crippen LogP contribution in [0.1, 0.15) is 70.7 Å². The van der Waals surface area contributed by atoms with Crippen LogP contribution in [0.25, 0.3) is 0 Å². The van der Waals surface area contributed by atoms with Gasteiger partial charge in [0.25, 0.3) is 0 Å². The molecule has 2 heteroatoms. The Hall–Kier alpha value is -1.28. The quantitative estimate of drug-likeness (QED) is 0.522. The zero-order chi connectivity index (χ0) is 18.8. The zero-order valence-electron chi connectivity index (χ0n) is 17.0. The van der Waals surface area contributed by atoms with Crippen molar-refractivity contribution in [3.05, 3.63) is 52.2 Å². The summed E-state index contributed by atoms with van der Waals surface area (Å²) in [5, 5.41) is 2.20. The minimum Gasteiger partial charge on any atom is -0.493 e. The van der Waals surface area contributed by atoms with Crippen LogP contribution in [0.4, 0.5) is 0 Å². The van der Waals surface area contributed by atoms with Gasteiger partial charge in [0, 0.05) is 4.88 Å². The van der Waals surface area contributed by atoms with E-state index in [1.165, 1.54) is 36.1 Å². The van der Waals surface area contributed by atoms with Crippen LogP contribution in [0.15, 0.2) is 41.8 Å².